The van der Waals surface area contributed by atoms with Crippen LogP contribution in [0.4, 0.5) is 0 Å². The van der Waals surface area contributed by atoms with Crippen molar-refractivity contribution in [2.45, 2.75) is 0 Å². The molecule has 0 fully saturated rings. The summed E-state index contributed by atoms with van der Waals surface area (Å²) in [5.41, 5.74) is 12.3. The van der Waals surface area contributed by atoms with Gasteiger partial charge >= 0.3 is 0 Å². The number of hydrogen-bond acceptors (Lipinski definition) is 3. The second-order valence-electron chi connectivity index (χ2n) is 14.0. The summed E-state index contributed by atoms with van der Waals surface area (Å²) < 4.78 is 0. The van der Waals surface area contributed by atoms with Crippen LogP contribution in [0, 0.1) is 0 Å². The van der Waals surface area contributed by atoms with Crippen LogP contribution in [-0.4, -0.2) is 15.0 Å². The molecule has 0 bridgehead atoms. The molecular formula is C53H35N3. The topological polar surface area (TPSA) is 38.7 Å². The molecular weight excluding hydrogens is 679 g/mol. The maximum Gasteiger partial charge on any atom is 0.164 e. The average molecular weight is 714 g/mol. The van der Waals surface area contributed by atoms with Gasteiger partial charge < -0.3 is 0 Å². The lowest BCUT2D eigenvalue weighted by atomic mass is 9.86. The highest BCUT2D eigenvalue weighted by atomic mass is 15.0. The summed E-state index contributed by atoms with van der Waals surface area (Å²) in [6, 6.07) is 74.7. The molecule has 0 N–H and O–H groups in total. The van der Waals surface area contributed by atoms with Crippen LogP contribution >= 0.6 is 0 Å². The predicted molar refractivity (Wildman–Crippen MR) is 233 cm³/mol. The number of fused-ring (bicyclic) bond motifs is 2. The predicted octanol–water partition coefficient (Wildman–Crippen LogP) is 13.8. The van der Waals surface area contributed by atoms with Crippen molar-refractivity contribution < 1.29 is 0 Å². The number of rotatable bonds is 7. The van der Waals surface area contributed by atoms with Crippen LogP contribution in [0.3, 0.4) is 0 Å². The molecule has 3 nitrogen and oxygen atoms in total. The summed E-state index contributed by atoms with van der Waals surface area (Å²) in [7, 11) is 0. The molecule has 3 heteroatoms. The van der Waals surface area contributed by atoms with Crippen LogP contribution < -0.4 is 0 Å². The fraction of sp³-hybridized carbons (Fsp3) is 0. The lowest BCUT2D eigenvalue weighted by Crippen LogP contribution is -2.00. The normalized spacial score (nSPS) is 11.2. The van der Waals surface area contributed by atoms with E-state index < -0.39 is 0 Å². The highest BCUT2D eigenvalue weighted by Gasteiger charge is 2.18. The third-order valence-corrected chi connectivity index (χ3v) is 10.6. The van der Waals surface area contributed by atoms with E-state index in [1.54, 1.807) is 0 Å². The van der Waals surface area contributed by atoms with Gasteiger partial charge in [-0.05, 0) is 66.1 Å². The van der Waals surface area contributed by atoms with Crippen molar-refractivity contribution in [2.75, 3.05) is 0 Å². The number of benzene rings is 9. The first-order valence-electron chi connectivity index (χ1n) is 18.9. The minimum absolute atomic E-state index is 0.630. The molecule has 0 amide bonds. The third kappa shape index (κ3) is 6.21. The van der Waals surface area contributed by atoms with Gasteiger partial charge in [-0.3, -0.25) is 0 Å². The molecule has 10 aromatic rings. The van der Waals surface area contributed by atoms with Crippen molar-refractivity contribution >= 4 is 21.5 Å². The highest BCUT2D eigenvalue weighted by Crippen LogP contribution is 2.43. The van der Waals surface area contributed by atoms with E-state index in [0.717, 1.165) is 33.4 Å². The molecule has 0 spiro atoms. The van der Waals surface area contributed by atoms with E-state index in [1.807, 2.05) is 12.1 Å². The molecule has 0 atom stereocenters. The molecule has 10 rings (SSSR count). The zero-order valence-corrected chi connectivity index (χ0v) is 30.5. The first-order valence-corrected chi connectivity index (χ1v) is 18.9. The van der Waals surface area contributed by atoms with Crippen molar-refractivity contribution in [2.24, 2.45) is 0 Å². The first kappa shape index (κ1) is 33.1. The Morgan fingerprint density at radius 2 is 0.393 bits per heavy atom. The van der Waals surface area contributed by atoms with Gasteiger partial charge in [0.25, 0.3) is 0 Å². The molecule has 0 radical (unpaired) electrons. The van der Waals surface area contributed by atoms with Crippen molar-refractivity contribution in [3.8, 4) is 78.7 Å². The molecule has 0 aliphatic heterocycles. The van der Waals surface area contributed by atoms with Gasteiger partial charge in [0.1, 0.15) is 0 Å². The van der Waals surface area contributed by atoms with Gasteiger partial charge in [0.05, 0.1) is 0 Å². The smallest absolute Gasteiger partial charge is 0.164 e. The van der Waals surface area contributed by atoms with Crippen LogP contribution in [0.1, 0.15) is 0 Å². The Kier molecular flexibility index (Phi) is 8.51. The fourth-order valence-electron chi connectivity index (χ4n) is 7.79. The summed E-state index contributed by atoms with van der Waals surface area (Å²) >= 11 is 0. The monoisotopic (exact) mass is 713 g/mol. The van der Waals surface area contributed by atoms with Crippen molar-refractivity contribution in [1.82, 2.24) is 15.0 Å². The molecule has 1 heterocycles. The Labute approximate surface area is 326 Å². The van der Waals surface area contributed by atoms with Crippen LogP contribution in [0.15, 0.2) is 212 Å². The van der Waals surface area contributed by atoms with Gasteiger partial charge in [-0.1, -0.05) is 212 Å². The van der Waals surface area contributed by atoms with E-state index >= 15 is 0 Å². The molecule has 1 aromatic heterocycles. The van der Waals surface area contributed by atoms with Gasteiger partial charge in [0, 0.05) is 16.7 Å². The number of aromatic nitrogens is 3. The molecule has 0 aliphatic rings. The molecule has 262 valence electrons. The lowest BCUT2D eigenvalue weighted by Gasteiger charge is -2.18. The van der Waals surface area contributed by atoms with Gasteiger partial charge in [-0.15, -0.1) is 0 Å². The summed E-state index contributed by atoms with van der Waals surface area (Å²) in [5, 5.41) is 4.92. The van der Waals surface area contributed by atoms with Gasteiger partial charge in [0.2, 0.25) is 0 Å². The Morgan fingerprint density at radius 1 is 0.179 bits per heavy atom. The number of hydrogen-bond donors (Lipinski definition) is 0. The van der Waals surface area contributed by atoms with Gasteiger partial charge in [-0.2, -0.15) is 0 Å². The van der Waals surface area contributed by atoms with Crippen molar-refractivity contribution in [3.05, 3.63) is 212 Å². The Morgan fingerprint density at radius 3 is 0.714 bits per heavy atom. The maximum absolute atomic E-state index is 5.09. The second-order valence-corrected chi connectivity index (χ2v) is 14.0. The molecule has 0 saturated carbocycles. The second kappa shape index (κ2) is 14.4. The van der Waals surface area contributed by atoms with Gasteiger partial charge in [-0.25, -0.2) is 15.0 Å². The zero-order valence-electron chi connectivity index (χ0n) is 30.5. The lowest BCUT2D eigenvalue weighted by molar-refractivity contribution is 1.07. The van der Waals surface area contributed by atoms with Crippen LogP contribution in [-0.2, 0) is 0 Å². The molecule has 56 heavy (non-hydrogen) atoms. The molecule has 0 saturated heterocycles. The average Bonchev–Trinajstić information content (AvgIpc) is 3.29. The minimum atomic E-state index is 0.630. The number of nitrogens with zero attached hydrogens (tertiary/aromatic N) is 3. The van der Waals surface area contributed by atoms with Crippen LogP contribution in [0.25, 0.3) is 100 Å². The van der Waals surface area contributed by atoms with Gasteiger partial charge in [0.15, 0.2) is 17.5 Å². The van der Waals surface area contributed by atoms with Crippen LogP contribution in [0.5, 0.6) is 0 Å². The summed E-state index contributed by atoms with van der Waals surface area (Å²) in [6.07, 6.45) is 0. The highest BCUT2D eigenvalue weighted by molar-refractivity contribution is 6.21. The third-order valence-electron chi connectivity index (χ3n) is 10.6. The minimum Gasteiger partial charge on any atom is -0.208 e. The van der Waals surface area contributed by atoms with E-state index in [9.17, 15) is 0 Å². The Balaban J connectivity index is 1.08. The van der Waals surface area contributed by atoms with E-state index in [2.05, 4.69) is 200 Å². The SMILES string of the molecule is c1ccc(-c2ccc(-c3nc(-c4ccc(-c5ccccc5)cc4)nc(-c4ccc(-c5c6ccccc6c(-c6ccccc6)c6ccccc56)cc4)n3)cc2)cc1. The standard InChI is InChI=1S/C53H35N3/c1-4-14-36(15-5-1)38-24-30-42(31-25-38)51-54-52(43-32-26-39(27-33-43)37-16-6-2-7-17-37)56-53(55-51)44-34-28-41(29-35-44)50-47-22-12-10-20-45(47)49(40-18-8-3-9-19-40)46-21-11-13-23-48(46)50/h1-35H. The largest absolute Gasteiger partial charge is 0.208 e. The van der Waals surface area contributed by atoms with E-state index in [4.69, 9.17) is 15.0 Å². The van der Waals surface area contributed by atoms with E-state index in [1.165, 1.54) is 49.4 Å². The summed E-state index contributed by atoms with van der Waals surface area (Å²) in [6.45, 7) is 0. The van der Waals surface area contributed by atoms with E-state index in [0.29, 0.717) is 17.5 Å². The fourth-order valence-corrected chi connectivity index (χ4v) is 7.79. The summed E-state index contributed by atoms with van der Waals surface area (Å²) in [5.74, 6) is 1.90. The van der Waals surface area contributed by atoms with E-state index in [-0.39, 0.29) is 0 Å². The van der Waals surface area contributed by atoms with Crippen molar-refractivity contribution in [1.29, 1.82) is 0 Å². The molecule has 0 aliphatic carbocycles. The summed E-state index contributed by atoms with van der Waals surface area (Å²) in [4.78, 5) is 15.2. The van der Waals surface area contributed by atoms with Crippen molar-refractivity contribution in [3.63, 3.8) is 0 Å². The van der Waals surface area contributed by atoms with Crippen LogP contribution in [0.2, 0.25) is 0 Å². The molecule has 0 unspecified atom stereocenters. The molecule has 9 aromatic carbocycles. The maximum atomic E-state index is 5.09. The first-order chi connectivity index (χ1) is 27.8. The zero-order chi connectivity index (χ0) is 37.3. The Hall–Kier alpha value is -7.49. The quantitative estimate of drug-likeness (QED) is 0.154. The Bertz CT molecular complexity index is 2800.